The molecule has 1 aromatic rings. The summed E-state index contributed by atoms with van der Waals surface area (Å²) in [6.45, 7) is 1.41. The minimum Gasteiger partial charge on any atom is -0.481 e. The first-order valence-corrected chi connectivity index (χ1v) is 7.57. The van der Waals surface area contributed by atoms with Crippen LogP contribution in [0.25, 0.3) is 0 Å². The van der Waals surface area contributed by atoms with Crippen LogP contribution in [0.2, 0.25) is 0 Å². The molecule has 0 aliphatic carbocycles. The van der Waals surface area contributed by atoms with Gasteiger partial charge in [0.05, 0.1) is 33.0 Å². The molecule has 2 bridgehead atoms. The molecule has 2 aliphatic rings. The maximum atomic E-state index is 12.9. The molecule has 2 fully saturated rings. The van der Waals surface area contributed by atoms with Crippen LogP contribution in [0, 0.1) is 5.92 Å². The van der Waals surface area contributed by atoms with Gasteiger partial charge in [0, 0.05) is 24.1 Å². The van der Waals surface area contributed by atoms with Gasteiger partial charge in [0.1, 0.15) is 0 Å². The Morgan fingerprint density at radius 2 is 1.91 bits per heavy atom. The van der Waals surface area contributed by atoms with Gasteiger partial charge in [-0.05, 0) is 26.0 Å². The number of hydrogen-bond donors (Lipinski definition) is 0. The summed E-state index contributed by atoms with van der Waals surface area (Å²) in [5, 5.41) is 0. The van der Waals surface area contributed by atoms with E-state index in [0.717, 1.165) is 12.8 Å². The molecule has 0 spiro atoms. The highest BCUT2D eigenvalue weighted by Crippen LogP contribution is 2.34. The summed E-state index contributed by atoms with van der Waals surface area (Å²) in [5.74, 6) is 0.892. The van der Waals surface area contributed by atoms with Crippen LogP contribution in [0.1, 0.15) is 23.2 Å². The van der Waals surface area contributed by atoms with E-state index in [0.29, 0.717) is 42.6 Å². The molecule has 0 amide bonds. The number of piperidine rings is 1. The van der Waals surface area contributed by atoms with Crippen LogP contribution in [0.4, 0.5) is 0 Å². The van der Waals surface area contributed by atoms with Crippen molar-refractivity contribution in [1.29, 1.82) is 0 Å². The van der Waals surface area contributed by atoms with Gasteiger partial charge < -0.3 is 14.2 Å². The molecule has 0 radical (unpaired) electrons. The first-order chi connectivity index (χ1) is 10.6. The number of ether oxygens (including phenoxy) is 3. The van der Waals surface area contributed by atoms with Crippen molar-refractivity contribution in [2.24, 2.45) is 5.92 Å². The number of fused-ring (bicyclic) bond motifs is 2. The molecule has 2 aliphatic heterocycles. The van der Waals surface area contributed by atoms with Gasteiger partial charge in [0.15, 0.2) is 5.78 Å². The molecule has 2 unspecified atom stereocenters. The quantitative estimate of drug-likeness (QED) is 0.784. The van der Waals surface area contributed by atoms with Crippen LogP contribution < -0.4 is 9.47 Å². The Morgan fingerprint density at radius 1 is 1.23 bits per heavy atom. The maximum Gasteiger partial charge on any atom is 0.227 e. The third kappa shape index (κ3) is 2.68. The van der Waals surface area contributed by atoms with E-state index in [-0.39, 0.29) is 11.7 Å². The van der Waals surface area contributed by atoms with Crippen molar-refractivity contribution in [2.75, 3.05) is 34.5 Å². The molecule has 22 heavy (non-hydrogen) atoms. The molecular formula is C16H22N2O4. The topological polar surface area (TPSA) is 60.9 Å². The van der Waals surface area contributed by atoms with Gasteiger partial charge in [-0.25, -0.2) is 0 Å². The van der Waals surface area contributed by atoms with Crippen LogP contribution in [-0.4, -0.2) is 62.2 Å². The number of methoxy groups -OCH3 is 2. The molecule has 3 heterocycles. The monoisotopic (exact) mass is 306 g/mol. The molecule has 6 heteroatoms. The molecule has 0 saturated carbocycles. The molecule has 6 nitrogen and oxygen atoms in total. The summed E-state index contributed by atoms with van der Waals surface area (Å²) in [7, 11) is 5.19. The third-order valence-corrected chi connectivity index (χ3v) is 4.76. The van der Waals surface area contributed by atoms with Crippen molar-refractivity contribution in [3.05, 3.63) is 17.7 Å². The Labute approximate surface area is 130 Å². The first-order valence-electron chi connectivity index (χ1n) is 7.57. The number of carbonyl (C=O) groups is 1. The van der Waals surface area contributed by atoms with Gasteiger partial charge in [-0.1, -0.05) is 0 Å². The van der Waals surface area contributed by atoms with Gasteiger partial charge in [-0.2, -0.15) is 4.98 Å². The highest BCUT2D eigenvalue weighted by molar-refractivity contribution is 6.00. The summed E-state index contributed by atoms with van der Waals surface area (Å²) < 4.78 is 16.0. The highest BCUT2D eigenvalue weighted by atomic mass is 16.5. The first kappa shape index (κ1) is 15.2. The second kappa shape index (κ2) is 6.22. The number of morpholine rings is 1. The van der Waals surface area contributed by atoms with E-state index in [1.165, 1.54) is 7.11 Å². The number of pyridine rings is 1. The summed E-state index contributed by atoms with van der Waals surface area (Å²) in [6, 6.07) is 4.09. The van der Waals surface area contributed by atoms with E-state index in [1.54, 1.807) is 19.2 Å². The van der Waals surface area contributed by atoms with Crippen LogP contribution in [0.15, 0.2) is 12.1 Å². The minimum absolute atomic E-state index is 0.000745. The van der Waals surface area contributed by atoms with Crippen molar-refractivity contribution in [2.45, 2.75) is 24.9 Å². The maximum absolute atomic E-state index is 12.9. The van der Waals surface area contributed by atoms with Gasteiger partial charge in [0.25, 0.3) is 0 Å². The second-order valence-corrected chi connectivity index (χ2v) is 5.95. The normalized spacial score (nSPS) is 28.2. The zero-order valence-electron chi connectivity index (χ0n) is 13.2. The summed E-state index contributed by atoms with van der Waals surface area (Å²) >= 11 is 0. The Hall–Kier alpha value is -1.66. The average molecular weight is 306 g/mol. The third-order valence-electron chi connectivity index (χ3n) is 4.76. The standard InChI is InChI=1S/C16H22N2O4/c1-18-11-6-10(7-12(18)9-22-8-11)15(19)13-4-5-14(20-2)17-16(13)21-3/h4-5,10-12H,6-9H2,1-3H3. The van der Waals surface area contributed by atoms with Crippen LogP contribution >= 0.6 is 0 Å². The molecule has 1 aromatic heterocycles. The predicted molar refractivity (Wildman–Crippen MR) is 80.6 cm³/mol. The lowest BCUT2D eigenvalue weighted by Crippen LogP contribution is -2.55. The van der Waals surface area contributed by atoms with E-state index in [9.17, 15) is 4.79 Å². The van der Waals surface area contributed by atoms with E-state index in [4.69, 9.17) is 14.2 Å². The molecule has 120 valence electrons. The van der Waals surface area contributed by atoms with Crippen LogP contribution in [0.3, 0.4) is 0 Å². The number of Topliss-reactive ketones (excluding diaryl/α,β-unsaturated/α-hetero) is 1. The van der Waals surface area contributed by atoms with E-state index >= 15 is 0 Å². The second-order valence-electron chi connectivity index (χ2n) is 5.95. The molecule has 2 saturated heterocycles. The number of carbonyl (C=O) groups excluding carboxylic acids is 1. The number of aromatic nitrogens is 1. The fourth-order valence-corrected chi connectivity index (χ4v) is 3.41. The van der Waals surface area contributed by atoms with Gasteiger partial charge in [-0.15, -0.1) is 0 Å². The largest absolute Gasteiger partial charge is 0.481 e. The van der Waals surface area contributed by atoms with Crippen molar-refractivity contribution in [3.63, 3.8) is 0 Å². The van der Waals surface area contributed by atoms with Crippen molar-refractivity contribution in [3.8, 4) is 11.8 Å². The predicted octanol–water partition coefficient (Wildman–Crippen LogP) is 1.39. The lowest BCUT2D eigenvalue weighted by molar-refractivity contribution is -0.0702. The van der Waals surface area contributed by atoms with E-state index in [1.807, 2.05) is 0 Å². The van der Waals surface area contributed by atoms with Crippen molar-refractivity contribution in [1.82, 2.24) is 9.88 Å². The summed E-state index contributed by atoms with van der Waals surface area (Å²) in [5.41, 5.74) is 0.539. The summed E-state index contributed by atoms with van der Waals surface area (Å²) in [6.07, 6.45) is 1.64. The minimum atomic E-state index is -0.000745. The van der Waals surface area contributed by atoms with E-state index < -0.39 is 0 Å². The SMILES string of the molecule is COc1ccc(C(=O)C2CC3COCC(C2)N3C)c(OC)n1. The lowest BCUT2D eigenvalue weighted by Gasteiger charge is -2.46. The zero-order valence-corrected chi connectivity index (χ0v) is 13.2. The molecule has 0 N–H and O–H groups in total. The number of hydrogen-bond acceptors (Lipinski definition) is 6. The molecule has 2 atom stereocenters. The van der Waals surface area contributed by atoms with Gasteiger partial charge in [-0.3, -0.25) is 9.69 Å². The number of rotatable bonds is 4. The number of ketones is 1. The lowest BCUT2D eigenvalue weighted by atomic mass is 9.81. The van der Waals surface area contributed by atoms with Gasteiger partial charge in [0.2, 0.25) is 11.8 Å². The Kier molecular flexibility index (Phi) is 4.31. The van der Waals surface area contributed by atoms with Crippen LogP contribution in [-0.2, 0) is 4.74 Å². The Bertz CT molecular complexity index is 549. The van der Waals surface area contributed by atoms with Crippen molar-refractivity contribution >= 4 is 5.78 Å². The fraction of sp³-hybridized carbons (Fsp3) is 0.625. The van der Waals surface area contributed by atoms with Gasteiger partial charge >= 0.3 is 0 Å². The number of likely N-dealkylation sites (N-methyl/N-ethyl adjacent to an activating group) is 1. The fourth-order valence-electron chi connectivity index (χ4n) is 3.41. The van der Waals surface area contributed by atoms with Crippen molar-refractivity contribution < 1.29 is 19.0 Å². The smallest absolute Gasteiger partial charge is 0.227 e. The summed E-state index contributed by atoms with van der Waals surface area (Å²) in [4.78, 5) is 19.5. The number of nitrogens with zero attached hydrogens (tertiary/aromatic N) is 2. The highest BCUT2D eigenvalue weighted by Gasteiger charge is 2.40. The molecule has 0 aromatic carbocycles. The molecular weight excluding hydrogens is 284 g/mol. The average Bonchev–Trinajstić information content (AvgIpc) is 2.53. The molecule has 3 rings (SSSR count). The Balaban J connectivity index is 1.82. The van der Waals surface area contributed by atoms with Crippen LogP contribution in [0.5, 0.6) is 11.8 Å². The zero-order chi connectivity index (χ0) is 15.7. The Morgan fingerprint density at radius 3 is 2.50 bits per heavy atom. The van der Waals surface area contributed by atoms with E-state index in [2.05, 4.69) is 16.9 Å².